The number of rotatable bonds is 6. The van der Waals surface area contributed by atoms with Crippen LogP contribution in [-0.2, 0) is 21.4 Å². The molecule has 2 rings (SSSR count). The molecule has 0 spiro atoms. The lowest BCUT2D eigenvalue weighted by Gasteiger charge is -2.21. The van der Waals surface area contributed by atoms with Gasteiger partial charge < -0.3 is 0 Å². The minimum Gasteiger partial charge on any atom is -0.289 e. The third kappa shape index (κ3) is 4.41. The SMILES string of the molecule is Cc1ccc(CN(CC(=O)NO)S(=O)(=O)c2ccc(C)cc2)cc1. The van der Waals surface area contributed by atoms with Crippen LogP contribution in [0.1, 0.15) is 16.7 Å². The summed E-state index contributed by atoms with van der Waals surface area (Å²) in [5.41, 5.74) is 4.22. The van der Waals surface area contributed by atoms with Crippen LogP contribution in [0.2, 0.25) is 0 Å². The number of nitrogens with zero attached hydrogens (tertiary/aromatic N) is 1. The van der Waals surface area contributed by atoms with Crippen LogP contribution in [0.25, 0.3) is 0 Å². The lowest BCUT2D eigenvalue weighted by atomic mass is 10.1. The standard InChI is InChI=1S/C17H20N2O4S/c1-13-3-7-15(8-4-13)11-19(12-17(20)18-21)24(22,23)16-9-5-14(2)6-10-16/h3-10,21H,11-12H2,1-2H3,(H,18,20). The first-order valence-electron chi connectivity index (χ1n) is 7.38. The Balaban J connectivity index is 2.35. The van der Waals surface area contributed by atoms with Gasteiger partial charge in [-0.2, -0.15) is 4.31 Å². The molecule has 1 amide bonds. The molecular formula is C17H20N2O4S. The van der Waals surface area contributed by atoms with Crippen molar-refractivity contribution in [2.24, 2.45) is 0 Å². The van der Waals surface area contributed by atoms with Crippen LogP contribution in [0.4, 0.5) is 0 Å². The van der Waals surface area contributed by atoms with E-state index in [2.05, 4.69) is 0 Å². The van der Waals surface area contributed by atoms with E-state index in [4.69, 9.17) is 5.21 Å². The van der Waals surface area contributed by atoms with E-state index in [1.54, 1.807) is 12.1 Å². The zero-order valence-electron chi connectivity index (χ0n) is 13.6. The molecule has 128 valence electrons. The number of sulfonamides is 1. The van der Waals surface area contributed by atoms with E-state index in [1.807, 2.05) is 38.1 Å². The van der Waals surface area contributed by atoms with Gasteiger partial charge in [0.1, 0.15) is 0 Å². The first-order valence-corrected chi connectivity index (χ1v) is 8.82. The third-order valence-electron chi connectivity index (χ3n) is 3.58. The third-order valence-corrected chi connectivity index (χ3v) is 5.39. The Morgan fingerprint density at radius 1 is 1.00 bits per heavy atom. The average Bonchev–Trinajstić information content (AvgIpc) is 2.56. The van der Waals surface area contributed by atoms with Gasteiger partial charge in [-0.05, 0) is 31.5 Å². The van der Waals surface area contributed by atoms with E-state index in [9.17, 15) is 13.2 Å². The maximum atomic E-state index is 12.8. The first-order chi connectivity index (χ1) is 11.3. The summed E-state index contributed by atoms with van der Waals surface area (Å²) in [6.45, 7) is 3.36. The topological polar surface area (TPSA) is 86.7 Å². The molecule has 0 aromatic heterocycles. The number of hydrogen-bond acceptors (Lipinski definition) is 4. The number of carbonyl (C=O) groups excluding carboxylic acids is 1. The van der Waals surface area contributed by atoms with Crippen molar-refractivity contribution >= 4 is 15.9 Å². The second-order valence-electron chi connectivity index (χ2n) is 5.61. The summed E-state index contributed by atoms with van der Waals surface area (Å²) in [5, 5.41) is 8.74. The van der Waals surface area contributed by atoms with Crippen molar-refractivity contribution in [1.82, 2.24) is 9.79 Å². The maximum Gasteiger partial charge on any atom is 0.258 e. The average molecular weight is 348 g/mol. The molecular weight excluding hydrogens is 328 g/mol. The molecule has 2 aromatic rings. The van der Waals surface area contributed by atoms with Crippen molar-refractivity contribution in [3.63, 3.8) is 0 Å². The highest BCUT2D eigenvalue weighted by molar-refractivity contribution is 7.89. The summed E-state index contributed by atoms with van der Waals surface area (Å²) in [6.07, 6.45) is 0. The Labute approximate surface area is 141 Å². The molecule has 2 N–H and O–H groups in total. The Kier molecular flexibility index (Phi) is 5.71. The molecule has 0 atom stereocenters. The fourth-order valence-electron chi connectivity index (χ4n) is 2.18. The summed E-state index contributed by atoms with van der Waals surface area (Å²) in [7, 11) is -3.87. The Bertz CT molecular complexity index is 799. The Hall–Kier alpha value is -2.22. The van der Waals surface area contributed by atoms with Crippen LogP contribution >= 0.6 is 0 Å². The largest absolute Gasteiger partial charge is 0.289 e. The summed E-state index contributed by atoms with van der Waals surface area (Å²) in [5.74, 6) is -0.794. The summed E-state index contributed by atoms with van der Waals surface area (Å²) in [6, 6.07) is 13.8. The van der Waals surface area contributed by atoms with Gasteiger partial charge in [0.05, 0.1) is 11.4 Å². The van der Waals surface area contributed by atoms with E-state index in [-0.39, 0.29) is 11.4 Å². The number of hydrogen-bond donors (Lipinski definition) is 2. The van der Waals surface area contributed by atoms with Gasteiger partial charge in [-0.1, -0.05) is 47.5 Å². The maximum absolute atomic E-state index is 12.8. The van der Waals surface area contributed by atoms with Gasteiger partial charge in [0.2, 0.25) is 10.0 Å². The fraction of sp³-hybridized carbons (Fsp3) is 0.235. The molecule has 0 aliphatic carbocycles. The van der Waals surface area contributed by atoms with Gasteiger partial charge in [0, 0.05) is 6.54 Å². The van der Waals surface area contributed by atoms with Crippen LogP contribution in [0.15, 0.2) is 53.4 Å². The van der Waals surface area contributed by atoms with Crippen LogP contribution in [-0.4, -0.2) is 30.4 Å². The minimum atomic E-state index is -3.87. The second-order valence-corrected chi connectivity index (χ2v) is 7.54. The van der Waals surface area contributed by atoms with Gasteiger partial charge in [-0.3, -0.25) is 10.0 Å². The summed E-state index contributed by atoms with van der Waals surface area (Å²) in [4.78, 5) is 11.6. The smallest absolute Gasteiger partial charge is 0.258 e. The molecule has 0 saturated heterocycles. The van der Waals surface area contributed by atoms with Gasteiger partial charge in [-0.15, -0.1) is 0 Å². The molecule has 24 heavy (non-hydrogen) atoms. The minimum absolute atomic E-state index is 0.0317. The highest BCUT2D eigenvalue weighted by Crippen LogP contribution is 2.19. The molecule has 0 aliphatic rings. The van der Waals surface area contributed by atoms with Crippen LogP contribution in [0.5, 0.6) is 0 Å². The highest BCUT2D eigenvalue weighted by Gasteiger charge is 2.26. The number of nitrogens with one attached hydrogen (secondary N) is 1. The molecule has 2 aromatic carbocycles. The number of benzene rings is 2. The van der Waals surface area contributed by atoms with Gasteiger partial charge in [0.15, 0.2) is 0 Å². The van der Waals surface area contributed by atoms with E-state index < -0.39 is 22.5 Å². The van der Waals surface area contributed by atoms with Crippen LogP contribution in [0, 0.1) is 13.8 Å². The van der Waals surface area contributed by atoms with E-state index >= 15 is 0 Å². The first kappa shape index (κ1) is 18.1. The van der Waals surface area contributed by atoms with E-state index in [1.165, 1.54) is 17.6 Å². The summed E-state index contributed by atoms with van der Waals surface area (Å²) < 4.78 is 26.7. The predicted octanol–water partition coefficient (Wildman–Crippen LogP) is 2.00. The second kappa shape index (κ2) is 7.57. The van der Waals surface area contributed by atoms with Gasteiger partial charge in [0.25, 0.3) is 5.91 Å². The monoisotopic (exact) mass is 348 g/mol. The van der Waals surface area contributed by atoms with E-state index in [0.29, 0.717) is 0 Å². The molecule has 6 nitrogen and oxygen atoms in total. The normalized spacial score (nSPS) is 11.5. The van der Waals surface area contributed by atoms with Crippen molar-refractivity contribution in [2.75, 3.05) is 6.54 Å². The highest BCUT2D eigenvalue weighted by atomic mass is 32.2. The molecule has 7 heteroatoms. The zero-order chi connectivity index (χ0) is 17.7. The molecule has 0 unspecified atom stereocenters. The quantitative estimate of drug-likeness (QED) is 0.617. The van der Waals surface area contributed by atoms with E-state index in [0.717, 1.165) is 21.0 Å². The fourth-order valence-corrected chi connectivity index (χ4v) is 3.56. The number of amides is 1. The van der Waals surface area contributed by atoms with Crippen molar-refractivity contribution in [3.05, 3.63) is 65.2 Å². The lowest BCUT2D eigenvalue weighted by molar-refractivity contribution is -0.129. The Morgan fingerprint density at radius 2 is 1.50 bits per heavy atom. The van der Waals surface area contributed by atoms with Crippen molar-refractivity contribution in [2.45, 2.75) is 25.3 Å². The molecule has 0 radical (unpaired) electrons. The molecule has 0 saturated carbocycles. The van der Waals surface area contributed by atoms with Crippen LogP contribution in [0.3, 0.4) is 0 Å². The zero-order valence-corrected chi connectivity index (χ0v) is 14.4. The van der Waals surface area contributed by atoms with Crippen LogP contribution < -0.4 is 5.48 Å². The summed E-state index contributed by atoms with van der Waals surface area (Å²) >= 11 is 0. The molecule has 0 heterocycles. The Morgan fingerprint density at radius 3 is 2.00 bits per heavy atom. The number of carbonyl (C=O) groups is 1. The molecule has 0 fully saturated rings. The van der Waals surface area contributed by atoms with Gasteiger partial charge >= 0.3 is 0 Å². The lowest BCUT2D eigenvalue weighted by Crippen LogP contribution is -2.39. The molecule has 0 bridgehead atoms. The van der Waals surface area contributed by atoms with Gasteiger partial charge in [-0.25, -0.2) is 13.9 Å². The van der Waals surface area contributed by atoms with Crippen molar-refractivity contribution in [1.29, 1.82) is 0 Å². The number of hydroxylamine groups is 1. The van der Waals surface area contributed by atoms with Crippen molar-refractivity contribution in [3.8, 4) is 0 Å². The number of aryl methyl sites for hydroxylation is 2. The molecule has 0 aliphatic heterocycles. The predicted molar refractivity (Wildman–Crippen MR) is 89.9 cm³/mol. The van der Waals surface area contributed by atoms with Crippen molar-refractivity contribution < 1.29 is 18.4 Å².